The van der Waals surface area contributed by atoms with E-state index in [0.29, 0.717) is 15.7 Å². The van der Waals surface area contributed by atoms with E-state index in [9.17, 15) is 4.79 Å². The van der Waals surface area contributed by atoms with Gasteiger partial charge in [-0.3, -0.25) is 4.79 Å². The lowest BCUT2D eigenvalue weighted by Crippen LogP contribution is -2.22. The van der Waals surface area contributed by atoms with Crippen molar-refractivity contribution in [2.75, 3.05) is 12.4 Å². The standard InChI is InChI=1S/C16H14N6O2S2/c1-10(14(23)18-15-11(9-17)7-8-25-15)26-16-19-20-21-22(16)12-3-5-13(24-2)6-4-12/h3-8,10H,1-2H3,(H,18,23)/t10-/m1/s1. The summed E-state index contributed by atoms with van der Waals surface area (Å²) in [6, 6.07) is 11.0. The van der Waals surface area contributed by atoms with Gasteiger partial charge < -0.3 is 10.1 Å². The molecule has 0 aliphatic rings. The Balaban J connectivity index is 1.72. The van der Waals surface area contributed by atoms with Crippen molar-refractivity contribution in [1.82, 2.24) is 20.2 Å². The molecule has 1 aromatic carbocycles. The molecule has 8 nitrogen and oxygen atoms in total. The molecule has 3 rings (SSSR count). The molecule has 0 unspecified atom stereocenters. The fourth-order valence-corrected chi connectivity index (χ4v) is 3.61. The number of hydrogen-bond donors (Lipinski definition) is 1. The summed E-state index contributed by atoms with van der Waals surface area (Å²) in [5, 5.41) is 25.8. The highest BCUT2D eigenvalue weighted by Gasteiger charge is 2.20. The van der Waals surface area contributed by atoms with E-state index in [0.717, 1.165) is 11.4 Å². The Hall–Kier alpha value is -2.90. The van der Waals surface area contributed by atoms with Crippen LogP contribution in [0.3, 0.4) is 0 Å². The third-order valence-electron chi connectivity index (χ3n) is 3.43. The molecule has 2 heterocycles. The van der Waals surface area contributed by atoms with Gasteiger partial charge in [0.1, 0.15) is 16.8 Å². The van der Waals surface area contributed by atoms with Gasteiger partial charge in [-0.25, -0.2) is 0 Å². The molecule has 0 fully saturated rings. The van der Waals surface area contributed by atoms with Crippen molar-refractivity contribution in [3.63, 3.8) is 0 Å². The van der Waals surface area contributed by atoms with Gasteiger partial charge in [0, 0.05) is 0 Å². The third kappa shape index (κ3) is 3.84. The number of thiophene rings is 1. The highest BCUT2D eigenvalue weighted by molar-refractivity contribution is 8.00. The second kappa shape index (κ2) is 7.99. The smallest absolute Gasteiger partial charge is 0.238 e. The lowest BCUT2D eigenvalue weighted by Gasteiger charge is -2.11. The molecule has 1 atom stereocenters. The van der Waals surface area contributed by atoms with Gasteiger partial charge in [0.2, 0.25) is 11.1 Å². The number of methoxy groups -OCH3 is 1. The molecule has 10 heteroatoms. The van der Waals surface area contributed by atoms with E-state index in [4.69, 9.17) is 10.00 Å². The minimum Gasteiger partial charge on any atom is -0.497 e. The van der Waals surface area contributed by atoms with Gasteiger partial charge in [-0.1, -0.05) is 11.8 Å². The number of anilines is 1. The zero-order valence-corrected chi connectivity index (χ0v) is 15.5. The molecule has 26 heavy (non-hydrogen) atoms. The van der Waals surface area contributed by atoms with Crippen LogP contribution in [0.1, 0.15) is 12.5 Å². The van der Waals surface area contributed by atoms with E-state index in [1.807, 2.05) is 30.3 Å². The Labute approximate surface area is 157 Å². The Morgan fingerprint density at radius 3 is 2.85 bits per heavy atom. The molecule has 3 aromatic rings. The Kier molecular flexibility index (Phi) is 5.50. The number of amides is 1. The van der Waals surface area contributed by atoms with Crippen molar-refractivity contribution < 1.29 is 9.53 Å². The number of rotatable bonds is 6. The van der Waals surface area contributed by atoms with Crippen molar-refractivity contribution in [3.05, 3.63) is 41.3 Å². The normalized spacial score (nSPS) is 11.6. The fraction of sp³-hybridized carbons (Fsp3) is 0.188. The molecule has 0 saturated heterocycles. The number of hydrogen-bond acceptors (Lipinski definition) is 8. The molecule has 0 saturated carbocycles. The highest BCUT2D eigenvalue weighted by atomic mass is 32.2. The molecule has 1 N–H and O–H groups in total. The molecule has 0 radical (unpaired) electrons. The van der Waals surface area contributed by atoms with Crippen LogP contribution in [0.4, 0.5) is 5.00 Å². The summed E-state index contributed by atoms with van der Waals surface area (Å²) < 4.78 is 6.70. The summed E-state index contributed by atoms with van der Waals surface area (Å²) in [4.78, 5) is 12.4. The fourth-order valence-electron chi connectivity index (χ4n) is 2.06. The van der Waals surface area contributed by atoms with Crippen LogP contribution in [0.25, 0.3) is 5.69 Å². The number of ether oxygens (including phenoxy) is 1. The van der Waals surface area contributed by atoms with E-state index in [1.54, 1.807) is 30.2 Å². The number of nitriles is 1. The van der Waals surface area contributed by atoms with Gasteiger partial charge in [0.15, 0.2) is 0 Å². The Morgan fingerprint density at radius 2 is 2.15 bits per heavy atom. The van der Waals surface area contributed by atoms with E-state index >= 15 is 0 Å². The van der Waals surface area contributed by atoms with Crippen LogP contribution in [0.15, 0.2) is 40.9 Å². The quantitative estimate of drug-likeness (QED) is 0.649. The third-order valence-corrected chi connectivity index (χ3v) is 5.29. The summed E-state index contributed by atoms with van der Waals surface area (Å²) in [6.45, 7) is 1.76. The molecular formula is C16H14N6O2S2. The minimum atomic E-state index is -0.452. The number of benzene rings is 1. The van der Waals surface area contributed by atoms with E-state index < -0.39 is 5.25 Å². The number of nitrogens with zero attached hydrogens (tertiary/aromatic N) is 5. The van der Waals surface area contributed by atoms with Crippen molar-refractivity contribution in [3.8, 4) is 17.5 Å². The predicted molar refractivity (Wildman–Crippen MR) is 98.7 cm³/mol. The number of nitrogens with one attached hydrogen (secondary N) is 1. The van der Waals surface area contributed by atoms with Crippen LogP contribution in [0.5, 0.6) is 5.75 Å². The van der Waals surface area contributed by atoms with Gasteiger partial charge in [-0.05, 0) is 53.1 Å². The van der Waals surface area contributed by atoms with Gasteiger partial charge in [0.05, 0.1) is 23.6 Å². The number of carbonyl (C=O) groups is 1. The number of aromatic nitrogens is 4. The number of carbonyl (C=O) groups excluding carboxylic acids is 1. The van der Waals surface area contributed by atoms with Crippen LogP contribution >= 0.6 is 23.1 Å². The Morgan fingerprint density at radius 1 is 1.38 bits per heavy atom. The van der Waals surface area contributed by atoms with Crippen molar-refractivity contribution in [2.45, 2.75) is 17.3 Å². The van der Waals surface area contributed by atoms with Crippen LogP contribution in [0.2, 0.25) is 0 Å². The molecular weight excluding hydrogens is 372 g/mol. The first-order chi connectivity index (χ1) is 12.6. The summed E-state index contributed by atoms with van der Waals surface area (Å²) >= 11 is 2.54. The topological polar surface area (TPSA) is 106 Å². The molecule has 2 aromatic heterocycles. The van der Waals surface area contributed by atoms with E-state index in [2.05, 4.69) is 20.8 Å². The lowest BCUT2D eigenvalue weighted by molar-refractivity contribution is -0.115. The molecule has 0 bridgehead atoms. The van der Waals surface area contributed by atoms with Gasteiger partial charge in [0.25, 0.3) is 0 Å². The average molecular weight is 386 g/mol. The minimum absolute atomic E-state index is 0.224. The maximum Gasteiger partial charge on any atom is 0.238 e. The van der Waals surface area contributed by atoms with E-state index in [-0.39, 0.29) is 5.91 Å². The van der Waals surface area contributed by atoms with Gasteiger partial charge in [-0.15, -0.1) is 16.4 Å². The maximum atomic E-state index is 12.4. The van der Waals surface area contributed by atoms with Crippen molar-refractivity contribution >= 4 is 34.0 Å². The number of tetrazole rings is 1. The summed E-state index contributed by atoms with van der Waals surface area (Å²) in [5.74, 6) is 0.506. The summed E-state index contributed by atoms with van der Waals surface area (Å²) in [6.07, 6.45) is 0. The largest absolute Gasteiger partial charge is 0.497 e. The van der Waals surface area contributed by atoms with Gasteiger partial charge in [-0.2, -0.15) is 9.94 Å². The monoisotopic (exact) mass is 386 g/mol. The summed E-state index contributed by atoms with van der Waals surface area (Å²) in [5.41, 5.74) is 1.21. The van der Waals surface area contributed by atoms with Crippen molar-refractivity contribution in [2.24, 2.45) is 0 Å². The first-order valence-electron chi connectivity index (χ1n) is 7.50. The molecule has 132 valence electrons. The average Bonchev–Trinajstić information content (AvgIpc) is 3.30. The zero-order chi connectivity index (χ0) is 18.5. The maximum absolute atomic E-state index is 12.4. The van der Waals surface area contributed by atoms with Crippen LogP contribution in [-0.2, 0) is 4.79 Å². The zero-order valence-electron chi connectivity index (χ0n) is 13.9. The van der Waals surface area contributed by atoms with Crippen LogP contribution < -0.4 is 10.1 Å². The first kappa shape index (κ1) is 17.9. The van der Waals surface area contributed by atoms with Crippen LogP contribution in [0, 0.1) is 11.3 Å². The lowest BCUT2D eigenvalue weighted by atomic mass is 10.3. The van der Waals surface area contributed by atoms with Crippen LogP contribution in [-0.4, -0.2) is 38.5 Å². The van der Waals surface area contributed by atoms with Gasteiger partial charge >= 0.3 is 0 Å². The highest BCUT2D eigenvalue weighted by Crippen LogP contribution is 2.27. The Bertz CT molecular complexity index is 944. The molecule has 1 amide bonds. The second-order valence-corrected chi connectivity index (χ2v) is 7.32. The predicted octanol–water partition coefficient (Wildman–Crippen LogP) is 2.72. The van der Waals surface area contributed by atoms with Crippen molar-refractivity contribution in [1.29, 1.82) is 5.26 Å². The number of thioether (sulfide) groups is 1. The SMILES string of the molecule is COc1ccc(-n2nnnc2S[C@H](C)C(=O)Nc2sccc2C#N)cc1. The molecule has 0 aliphatic heterocycles. The molecule has 0 spiro atoms. The molecule has 0 aliphatic carbocycles. The summed E-state index contributed by atoms with van der Waals surface area (Å²) in [7, 11) is 1.60. The first-order valence-corrected chi connectivity index (χ1v) is 9.26. The second-order valence-electron chi connectivity index (χ2n) is 5.10. The van der Waals surface area contributed by atoms with E-state index in [1.165, 1.54) is 23.1 Å².